The van der Waals surface area contributed by atoms with Gasteiger partial charge >= 0.3 is 0 Å². The Morgan fingerprint density at radius 1 is 1.22 bits per heavy atom. The lowest BCUT2D eigenvalue weighted by atomic mass is 9.85. The third-order valence-corrected chi connectivity index (χ3v) is 4.05. The maximum absolute atomic E-state index is 12.4. The number of hydrogen-bond donors (Lipinski definition) is 2. The molecule has 2 atom stereocenters. The van der Waals surface area contributed by atoms with Gasteiger partial charge in [0.2, 0.25) is 11.8 Å². The maximum Gasteiger partial charge on any atom is 0.227 e. The Bertz CT molecular complexity index is 660. The summed E-state index contributed by atoms with van der Waals surface area (Å²) in [6, 6.07) is 13.0. The zero-order valence-electron chi connectivity index (χ0n) is 12.9. The normalized spacial score (nSPS) is 20.7. The van der Waals surface area contributed by atoms with Crippen LogP contribution in [0, 0.1) is 5.92 Å². The van der Waals surface area contributed by atoms with Crippen LogP contribution in [0.2, 0.25) is 0 Å². The van der Waals surface area contributed by atoms with Gasteiger partial charge in [-0.3, -0.25) is 4.79 Å². The molecule has 1 saturated carbocycles. The highest BCUT2D eigenvalue weighted by Crippen LogP contribution is 2.26. The van der Waals surface area contributed by atoms with Gasteiger partial charge in [-0.05, 0) is 37.5 Å². The van der Waals surface area contributed by atoms with Gasteiger partial charge in [0.05, 0.1) is 0 Å². The maximum atomic E-state index is 12.4. The van der Waals surface area contributed by atoms with E-state index in [4.69, 9.17) is 10.5 Å². The lowest BCUT2D eigenvalue weighted by Crippen LogP contribution is -2.34. The van der Waals surface area contributed by atoms with Crippen LogP contribution in [0.4, 0.5) is 5.69 Å². The van der Waals surface area contributed by atoms with Gasteiger partial charge in [0.15, 0.2) is 0 Å². The number of ether oxygens (including phenoxy) is 1. The Balaban J connectivity index is 1.64. The van der Waals surface area contributed by atoms with E-state index in [-0.39, 0.29) is 17.9 Å². The summed E-state index contributed by atoms with van der Waals surface area (Å²) in [7, 11) is 0. The molecule has 0 aliphatic heterocycles. The van der Waals surface area contributed by atoms with Crippen molar-refractivity contribution in [2.45, 2.75) is 31.7 Å². The summed E-state index contributed by atoms with van der Waals surface area (Å²) in [6.07, 6.45) is 5.37. The Labute approximate surface area is 135 Å². The number of hydrogen-bond acceptors (Lipinski definition) is 4. The van der Waals surface area contributed by atoms with Gasteiger partial charge in [0.1, 0.15) is 5.75 Å². The molecular weight excluding hydrogens is 290 g/mol. The van der Waals surface area contributed by atoms with Gasteiger partial charge in [-0.2, -0.15) is 0 Å². The summed E-state index contributed by atoms with van der Waals surface area (Å²) < 4.78 is 5.68. The van der Waals surface area contributed by atoms with Crippen molar-refractivity contribution in [1.82, 2.24) is 4.98 Å². The van der Waals surface area contributed by atoms with Crippen LogP contribution in [0.5, 0.6) is 11.6 Å². The molecule has 0 spiro atoms. The average Bonchev–Trinajstić information content (AvgIpc) is 2.56. The minimum atomic E-state index is -0.000820. The molecule has 0 bridgehead atoms. The Kier molecular flexibility index (Phi) is 4.88. The van der Waals surface area contributed by atoms with Gasteiger partial charge in [-0.15, -0.1) is 0 Å². The molecule has 1 aliphatic rings. The van der Waals surface area contributed by atoms with Gasteiger partial charge < -0.3 is 15.8 Å². The van der Waals surface area contributed by atoms with E-state index < -0.39 is 0 Å². The molecule has 5 heteroatoms. The van der Waals surface area contributed by atoms with Gasteiger partial charge in [0, 0.05) is 36.0 Å². The molecule has 1 aromatic carbocycles. The van der Waals surface area contributed by atoms with Crippen LogP contribution in [-0.4, -0.2) is 16.9 Å². The molecule has 5 nitrogen and oxygen atoms in total. The standard InChI is InChI=1S/C18H21N3O2/c19-14-6-3-5-13(11-14)18(22)21-15-7-4-8-16(12-15)23-17-9-1-2-10-20-17/h1-2,4,7-10,12-14H,3,5-6,11,19H2,(H,21,22). The van der Waals surface area contributed by atoms with E-state index in [2.05, 4.69) is 10.3 Å². The topological polar surface area (TPSA) is 77.2 Å². The molecule has 1 amide bonds. The number of benzene rings is 1. The van der Waals surface area contributed by atoms with Crippen molar-refractivity contribution in [2.24, 2.45) is 11.7 Å². The summed E-state index contributed by atoms with van der Waals surface area (Å²) in [6.45, 7) is 0. The molecule has 1 heterocycles. The summed E-state index contributed by atoms with van der Waals surface area (Å²) in [5.74, 6) is 1.20. The number of anilines is 1. The fourth-order valence-corrected chi connectivity index (χ4v) is 2.88. The molecule has 23 heavy (non-hydrogen) atoms. The second kappa shape index (κ2) is 7.24. The number of carbonyl (C=O) groups is 1. The van der Waals surface area contributed by atoms with Crippen LogP contribution in [0.25, 0.3) is 0 Å². The summed E-state index contributed by atoms with van der Waals surface area (Å²) in [5.41, 5.74) is 6.68. The minimum Gasteiger partial charge on any atom is -0.439 e. The molecule has 0 radical (unpaired) electrons. The van der Waals surface area contributed by atoms with E-state index in [1.807, 2.05) is 30.3 Å². The van der Waals surface area contributed by atoms with Crippen LogP contribution in [0.1, 0.15) is 25.7 Å². The number of rotatable bonds is 4. The van der Waals surface area contributed by atoms with E-state index >= 15 is 0 Å². The van der Waals surface area contributed by atoms with E-state index in [0.717, 1.165) is 31.4 Å². The van der Waals surface area contributed by atoms with Gasteiger partial charge in [-0.25, -0.2) is 4.98 Å². The lowest BCUT2D eigenvalue weighted by Gasteiger charge is -2.25. The van der Waals surface area contributed by atoms with E-state index in [1.54, 1.807) is 18.3 Å². The van der Waals surface area contributed by atoms with Gasteiger partial charge in [-0.1, -0.05) is 18.6 Å². The van der Waals surface area contributed by atoms with E-state index in [0.29, 0.717) is 11.6 Å². The smallest absolute Gasteiger partial charge is 0.227 e. The van der Waals surface area contributed by atoms with Crippen LogP contribution in [-0.2, 0) is 4.79 Å². The number of aromatic nitrogens is 1. The third-order valence-electron chi connectivity index (χ3n) is 4.05. The monoisotopic (exact) mass is 311 g/mol. The van der Waals surface area contributed by atoms with Crippen molar-refractivity contribution < 1.29 is 9.53 Å². The van der Waals surface area contributed by atoms with Crippen LogP contribution < -0.4 is 15.8 Å². The quantitative estimate of drug-likeness (QED) is 0.908. The first kappa shape index (κ1) is 15.5. The minimum absolute atomic E-state index is 0.000820. The number of carbonyl (C=O) groups excluding carboxylic acids is 1. The number of nitrogens with one attached hydrogen (secondary N) is 1. The SMILES string of the molecule is NC1CCCC(C(=O)Nc2cccc(Oc3ccccn3)c2)C1. The lowest BCUT2D eigenvalue weighted by molar-refractivity contribution is -0.120. The second-order valence-electron chi connectivity index (χ2n) is 5.91. The van der Waals surface area contributed by atoms with Crippen molar-refractivity contribution in [3.05, 3.63) is 48.7 Å². The van der Waals surface area contributed by atoms with Crippen molar-refractivity contribution >= 4 is 11.6 Å². The average molecular weight is 311 g/mol. The zero-order valence-corrected chi connectivity index (χ0v) is 12.9. The predicted octanol–water partition coefficient (Wildman–Crippen LogP) is 3.33. The second-order valence-corrected chi connectivity index (χ2v) is 5.91. The highest BCUT2D eigenvalue weighted by atomic mass is 16.5. The van der Waals surface area contributed by atoms with Crippen molar-refractivity contribution in [3.63, 3.8) is 0 Å². The third kappa shape index (κ3) is 4.29. The predicted molar refractivity (Wildman–Crippen MR) is 89.3 cm³/mol. The molecule has 1 aromatic heterocycles. The Morgan fingerprint density at radius 3 is 2.91 bits per heavy atom. The van der Waals surface area contributed by atoms with Crippen molar-refractivity contribution in [2.75, 3.05) is 5.32 Å². The molecule has 1 fully saturated rings. The molecule has 2 unspecified atom stereocenters. The fraction of sp³-hybridized carbons (Fsp3) is 0.333. The molecule has 1 aliphatic carbocycles. The summed E-state index contributed by atoms with van der Waals surface area (Å²) >= 11 is 0. The molecular formula is C18H21N3O2. The highest BCUT2D eigenvalue weighted by Gasteiger charge is 2.25. The Morgan fingerprint density at radius 2 is 2.13 bits per heavy atom. The fourth-order valence-electron chi connectivity index (χ4n) is 2.88. The van der Waals surface area contributed by atoms with Crippen LogP contribution in [0.15, 0.2) is 48.7 Å². The number of nitrogens with two attached hydrogens (primary N) is 1. The zero-order chi connectivity index (χ0) is 16.1. The highest BCUT2D eigenvalue weighted by molar-refractivity contribution is 5.92. The summed E-state index contributed by atoms with van der Waals surface area (Å²) in [5, 5.41) is 2.96. The largest absolute Gasteiger partial charge is 0.439 e. The first-order chi connectivity index (χ1) is 11.2. The Hall–Kier alpha value is -2.40. The first-order valence-electron chi connectivity index (χ1n) is 7.96. The molecule has 3 rings (SSSR count). The van der Waals surface area contributed by atoms with Crippen molar-refractivity contribution in [3.8, 4) is 11.6 Å². The van der Waals surface area contributed by atoms with Crippen LogP contribution in [0.3, 0.4) is 0 Å². The summed E-state index contributed by atoms with van der Waals surface area (Å²) in [4.78, 5) is 16.5. The van der Waals surface area contributed by atoms with E-state index in [9.17, 15) is 4.79 Å². The number of amides is 1. The number of pyridine rings is 1. The molecule has 3 N–H and O–H groups in total. The number of nitrogens with zero attached hydrogens (tertiary/aromatic N) is 1. The first-order valence-corrected chi connectivity index (χ1v) is 7.96. The van der Waals surface area contributed by atoms with E-state index in [1.165, 1.54) is 0 Å². The molecule has 2 aromatic rings. The molecule has 0 saturated heterocycles. The molecule has 120 valence electrons. The van der Waals surface area contributed by atoms with Gasteiger partial charge in [0.25, 0.3) is 0 Å². The van der Waals surface area contributed by atoms with Crippen molar-refractivity contribution in [1.29, 1.82) is 0 Å². The van der Waals surface area contributed by atoms with Crippen LogP contribution >= 0.6 is 0 Å².